The molecule has 0 aromatic heterocycles. The van der Waals surface area contributed by atoms with E-state index in [4.69, 9.17) is 14.2 Å². The monoisotopic (exact) mass is 380 g/mol. The van der Waals surface area contributed by atoms with E-state index in [-0.39, 0.29) is 18.6 Å². The summed E-state index contributed by atoms with van der Waals surface area (Å²) in [5, 5.41) is 3.39. The van der Waals surface area contributed by atoms with Crippen LogP contribution in [0.4, 0.5) is 0 Å². The number of benzene rings is 2. The number of ether oxygens (including phenoxy) is 3. The third-order valence-electron chi connectivity index (χ3n) is 5.21. The summed E-state index contributed by atoms with van der Waals surface area (Å²) >= 11 is 0. The SMILES string of the molecule is COc1ccc2c(c1)C=C(C(=O)N1CCNCC1c1ccccc1OC)CO2. The van der Waals surface area contributed by atoms with E-state index in [1.165, 1.54) is 0 Å². The van der Waals surface area contributed by atoms with Crippen molar-refractivity contribution in [1.29, 1.82) is 0 Å². The molecule has 1 unspecified atom stereocenters. The minimum absolute atomic E-state index is 0.00845. The second kappa shape index (κ2) is 7.94. The van der Waals surface area contributed by atoms with Gasteiger partial charge in [-0.05, 0) is 30.3 Å². The van der Waals surface area contributed by atoms with Crippen LogP contribution in [0.5, 0.6) is 17.2 Å². The Morgan fingerprint density at radius 3 is 2.86 bits per heavy atom. The number of rotatable bonds is 4. The first kappa shape index (κ1) is 18.4. The standard InChI is InChI=1S/C22H24N2O4/c1-26-17-7-8-20-15(12-17)11-16(14-28-20)22(25)24-10-9-23-13-19(24)18-5-3-4-6-21(18)27-2/h3-8,11-12,19,23H,9-10,13-14H2,1-2H3. The molecule has 146 valence electrons. The predicted octanol–water partition coefficient (Wildman–Crippen LogP) is 2.65. The van der Waals surface area contributed by atoms with Crippen LogP contribution in [-0.4, -0.2) is 51.3 Å². The Morgan fingerprint density at radius 2 is 2.04 bits per heavy atom. The Kier molecular flexibility index (Phi) is 5.21. The van der Waals surface area contributed by atoms with Crippen LogP contribution in [0.1, 0.15) is 17.2 Å². The third kappa shape index (κ3) is 3.43. The summed E-state index contributed by atoms with van der Waals surface area (Å²) in [7, 11) is 3.28. The van der Waals surface area contributed by atoms with Crippen LogP contribution in [0.25, 0.3) is 6.08 Å². The first-order chi connectivity index (χ1) is 13.7. The zero-order valence-electron chi connectivity index (χ0n) is 16.1. The first-order valence-electron chi connectivity index (χ1n) is 9.37. The minimum atomic E-state index is -0.0926. The van der Waals surface area contributed by atoms with Crippen molar-refractivity contribution in [3.8, 4) is 17.2 Å². The maximum Gasteiger partial charge on any atom is 0.253 e. The van der Waals surface area contributed by atoms with E-state index in [9.17, 15) is 4.79 Å². The van der Waals surface area contributed by atoms with Crippen LogP contribution in [0.15, 0.2) is 48.0 Å². The van der Waals surface area contributed by atoms with Gasteiger partial charge >= 0.3 is 0 Å². The van der Waals surface area contributed by atoms with E-state index >= 15 is 0 Å². The molecule has 0 aliphatic carbocycles. The number of hydrogen-bond acceptors (Lipinski definition) is 5. The summed E-state index contributed by atoms with van der Waals surface area (Å²) in [6, 6.07) is 13.4. The molecule has 4 rings (SSSR count). The smallest absolute Gasteiger partial charge is 0.253 e. The topological polar surface area (TPSA) is 60.0 Å². The van der Waals surface area contributed by atoms with Crippen molar-refractivity contribution >= 4 is 12.0 Å². The number of nitrogens with one attached hydrogen (secondary N) is 1. The van der Waals surface area contributed by atoms with E-state index in [0.29, 0.717) is 18.7 Å². The van der Waals surface area contributed by atoms with Crippen LogP contribution in [-0.2, 0) is 4.79 Å². The van der Waals surface area contributed by atoms with Crippen molar-refractivity contribution in [3.05, 3.63) is 59.2 Å². The summed E-state index contributed by atoms with van der Waals surface area (Å²) in [4.78, 5) is 15.3. The van der Waals surface area contributed by atoms with Crippen molar-refractivity contribution < 1.29 is 19.0 Å². The van der Waals surface area contributed by atoms with Gasteiger partial charge in [0.15, 0.2) is 0 Å². The number of nitrogens with zero attached hydrogens (tertiary/aromatic N) is 1. The maximum atomic E-state index is 13.4. The molecule has 0 spiro atoms. The summed E-state index contributed by atoms with van der Waals surface area (Å²) in [6.45, 7) is 2.34. The number of amides is 1. The molecule has 2 aliphatic rings. The van der Waals surface area contributed by atoms with E-state index in [1.807, 2.05) is 53.4 Å². The van der Waals surface area contributed by atoms with E-state index in [0.717, 1.165) is 34.9 Å². The molecule has 2 heterocycles. The number of hydrogen-bond donors (Lipinski definition) is 1. The van der Waals surface area contributed by atoms with Gasteiger partial charge in [-0.15, -0.1) is 0 Å². The van der Waals surface area contributed by atoms with Crippen LogP contribution in [0, 0.1) is 0 Å². The zero-order chi connectivity index (χ0) is 19.5. The highest BCUT2D eigenvalue weighted by molar-refractivity contribution is 5.99. The molecular weight excluding hydrogens is 356 g/mol. The number of fused-ring (bicyclic) bond motifs is 1. The van der Waals surface area contributed by atoms with Gasteiger partial charge in [-0.2, -0.15) is 0 Å². The average Bonchev–Trinajstić information content (AvgIpc) is 2.77. The highest BCUT2D eigenvalue weighted by atomic mass is 16.5. The molecular formula is C22H24N2O4. The van der Waals surface area contributed by atoms with Gasteiger partial charge < -0.3 is 24.4 Å². The fraction of sp³-hybridized carbons (Fsp3) is 0.318. The van der Waals surface area contributed by atoms with Gasteiger partial charge in [0.1, 0.15) is 23.9 Å². The van der Waals surface area contributed by atoms with Crippen LogP contribution < -0.4 is 19.5 Å². The molecule has 1 N–H and O–H groups in total. The first-order valence-corrected chi connectivity index (χ1v) is 9.37. The van der Waals surface area contributed by atoms with Crippen LogP contribution in [0.3, 0.4) is 0 Å². The molecule has 2 aromatic carbocycles. The molecule has 1 amide bonds. The van der Waals surface area contributed by atoms with E-state index in [1.54, 1.807) is 14.2 Å². The van der Waals surface area contributed by atoms with E-state index < -0.39 is 0 Å². The number of carbonyl (C=O) groups excluding carboxylic acids is 1. The lowest BCUT2D eigenvalue weighted by atomic mass is 9.99. The third-order valence-corrected chi connectivity index (χ3v) is 5.21. The predicted molar refractivity (Wildman–Crippen MR) is 107 cm³/mol. The molecule has 0 saturated carbocycles. The Morgan fingerprint density at radius 1 is 1.18 bits per heavy atom. The Balaban J connectivity index is 1.64. The molecule has 28 heavy (non-hydrogen) atoms. The molecule has 2 aromatic rings. The van der Waals surface area contributed by atoms with E-state index in [2.05, 4.69) is 5.32 Å². The lowest BCUT2D eigenvalue weighted by Gasteiger charge is -2.38. The Labute approximate surface area is 164 Å². The maximum absolute atomic E-state index is 13.4. The molecule has 6 heteroatoms. The molecule has 1 fully saturated rings. The fourth-order valence-corrected chi connectivity index (χ4v) is 3.76. The van der Waals surface area contributed by atoms with Crippen molar-refractivity contribution in [1.82, 2.24) is 10.2 Å². The number of carbonyl (C=O) groups is 1. The fourth-order valence-electron chi connectivity index (χ4n) is 3.76. The van der Waals surface area contributed by atoms with Crippen LogP contribution in [0.2, 0.25) is 0 Å². The molecule has 6 nitrogen and oxygen atoms in total. The van der Waals surface area contributed by atoms with Crippen molar-refractivity contribution in [2.75, 3.05) is 40.5 Å². The highest BCUT2D eigenvalue weighted by Crippen LogP contribution is 2.34. The van der Waals surface area contributed by atoms with Crippen molar-refractivity contribution in [2.45, 2.75) is 6.04 Å². The summed E-state index contributed by atoms with van der Waals surface area (Å²) in [5.41, 5.74) is 2.51. The molecule has 1 saturated heterocycles. The highest BCUT2D eigenvalue weighted by Gasteiger charge is 2.32. The zero-order valence-corrected chi connectivity index (χ0v) is 16.1. The minimum Gasteiger partial charge on any atom is -0.497 e. The van der Waals surface area contributed by atoms with Gasteiger partial charge in [0.2, 0.25) is 0 Å². The van der Waals surface area contributed by atoms with Gasteiger partial charge in [0.25, 0.3) is 5.91 Å². The Bertz CT molecular complexity index is 909. The van der Waals surface area contributed by atoms with Gasteiger partial charge in [-0.1, -0.05) is 18.2 Å². The molecule has 1 atom stereocenters. The summed E-state index contributed by atoms with van der Waals surface area (Å²) in [6.07, 6.45) is 1.91. The average molecular weight is 380 g/mol. The quantitative estimate of drug-likeness (QED) is 0.884. The van der Waals surface area contributed by atoms with Crippen molar-refractivity contribution in [2.24, 2.45) is 0 Å². The second-order valence-electron chi connectivity index (χ2n) is 6.82. The van der Waals surface area contributed by atoms with Gasteiger partial charge in [-0.3, -0.25) is 4.79 Å². The largest absolute Gasteiger partial charge is 0.497 e. The van der Waals surface area contributed by atoms with Crippen LogP contribution >= 0.6 is 0 Å². The Hall–Kier alpha value is -2.99. The van der Waals surface area contributed by atoms with Gasteiger partial charge in [-0.25, -0.2) is 0 Å². The number of piperazine rings is 1. The summed E-state index contributed by atoms with van der Waals surface area (Å²) < 4.78 is 16.6. The second-order valence-corrected chi connectivity index (χ2v) is 6.82. The lowest BCUT2D eigenvalue weighted by molar-refractivity contribution is -0.130. The van der Waals surface area contributed by atoms with Gasteiger partial charge in [0.05, 0.1) is 25.8 Å². The lowest BCUT2D eigenvalue weighted by Crippen LogP contribution is -2.49. The summed E-state index contributed by atoms with van der Waals surface area (Å²) in [5.74, 6) is 2.28. The molecule has 0 radical (unpaired) electrons. The molecule has 2 aliphatic heterocycles. The van der Waals surface area contributed by atoms with Gasteiger partial charge in [0, 0.05) is 30.8 Å². The number of para-hydroxylation sites is 1. The normalized spacial score (nSPS) is 18.6. The molecule has 0 bridgehead atoms. The van der Waals surface area contributed by atoms with Crippen molar-refractivity contribution in [3.63, 3.8) is 0 Å². The number of methoxy groups -OCH3 is 2.